The fourth-order valence-electron chi connectivity index (χ4n) is 3.63. The predicted octanol–water partition coefficient (Wildman–Crippen LogP) is 1.21. The number of rotatable bonds is 4. The molecule has 2 aromatic heterocycles. The van der Waals surface area contributed by atoms with Crippen molar-refractivity contribution in [1.29, 1.82) is 0 Å². The van der Waals surface area contributed by atoms with Crippen molar-refractivity contribution in [2.24, 2.45) is 12.0 Å². The molecule has 160 valence electrons. The van der Waals surface area contributed by atoms with E-state index in [1.165, 1.54) is 18.4 Å². The first-order chi connectivity index (χ1) is 14.8. The SMILES string of the molecule is COC(=O)C1=C(C)N=c2s/c(=C/c3cnn(C)c3)c(=O)n2C1c1ccc(N(C)C)cc1. The maximum Gasteiger partial charge on any atom is 0.338 e. The monoisotopic (exact) mass is 437 g/mol. The first-order valence-corrected chi connectivity index (χ1v) is 10.5. The van der Waals surface area contributed by atoms with Gasteiger partial charge < -0.3 is 9.64 Å². The van der Waals surface area contributed by atoms with Gasteiger partial charge in [-0.05, 0) is 30.7 Å². The zero-order chi connectivity index (χ0) is 22.3. The second kappa shape index (κ2) is 7.99. The van der Waals surface area contributed by atoms with Crippen molar-refractivity contribution in [3.8, 4) is 0 Å². The van der Waals surface area contributed by atoms with Gasteiger partial charge in [0, 0.05) is 38.6 Å². The predicted molar refractivity (Wildman–Crippen MR) is 120 cm³/mol. The molecule has 0 fully saturated rings. The highest BCUT2D eigenvalue weighted by Gasteiger charge is 2.33. The van der Waals surface area contributed by atoms with Crippen LogP contribution in [0.5, 0.6) is 0 Å². The van der Waals surface area contributed by atoms with Gasteiger partial charge in [0.1, 0.15) is 0 Å². The van der Waals surface area contributed by atoms with Crippen LogP contribution < -0.4 is 19.8 Å². The number of carbonyl (C=O) groups excluding carboxylic acids is 1. The summed E-state index contributed by atoms with van der Waals surface area (Å²) in [5, 5.41) is 4.15. The molecule has 1 unspecified atom stereocenters. The first kappa shape index (κ1) is 20.8. The van der Waals surface area contributed by atoms with Crippen molar-refractivity contribution in [3.63, 3.8) is 0 Å². The Hall–Kier alpha value is -3.46. The Morgan fingerprint density at radius 2 is 1.97 bits per heavy atom. The molecule has 0 bridgehead atoms. The van der Waals surface area contributed by atoms with Crippen LogP contribution in [0.3, 0.4) is 0 Å². The van der Waals surface area contributed by atoms with Gasteiger partial charge in [0.2, 0.25) is 0 Å². The molecule has 0 amide bonds. The first-order valence-electron chi connectivity index (χ1n) is 9.67. The van der Waals surface area contributed by atoms with E-state index in [1.54, 1.807) is 28.4 Å². The fraction of sp³-hybridized carbons (Fsp3) is 0.273. The van der Waals surface area contributed by atoms with Crippen LogP contribution in [0.2, 0.25) is 0 Å². The third kappa shape index (κ3) is 3.72. The average Bonchev–Trinajstić information content (AvgIpc) is 3.29. The van der Waals surface area contributed by atoms with Gasteiger partial charge in [-0.2, -0.15) is 5.10 Å². The molecule has 1 aliphatic rings. The number of aryl methyl sites for hydroxylation is 1. The molecule has 0 N–H and O–H groups in total. The summed E-state index contributed by atoms with van der Waals surface area (Å²) in [6, 6.07) is 7.17. The largest absolute Gasteiger partial charge is 0.466 e. The van der Waals surface area contributed by atoms with Crippen LogP contribution in [0.15, 0.2) is 57.7 Å². The minimum atomic E-state index is -0.615. The molecule has 3 heterocycles. The van der Waals surface area contributed by atoms with Crippen LogP contribution in [-0.4, -0.2) is 41.5 Å². The van der Waals surface area contributed by atoms with E-state index in [0.717, 1.165) is 16.8 Å². The van der Waals surface area contributed by atoms with E-state index in [0.29, 0.717) is 20.6 Å². The van der Waals surface area contributed by atoms with Crippen molar-refractivity contribution in [2.75, 3.05) is 26.1 Å². The lowest BCUT2D eigenvalue weighted by atomic mass is 9.95. The number of esters is 1. The number of thiazole rings is 1. The molecule has 8 nitrogen and oxygen atoms in total. The number of fused-ring (bicyclic) bond motifs is 1. The molecule has 0 aliphatic carbocycles. The van der Waals surface area contributed by atoms with Crippen LogP contribution in [0.25, 0.3) is 6.08 Å². The molecule has 0 spiro atoms. The summed E-state index contributed by atoms with van der Waals surface area (Å²) >= 11 is 1.29. The standard InChI is InChI=1S/C22H23N5O3S/c1-13-18(21(29)30-5)19(15-6-8-16(9-7-15)25(2)3)27-20(28)17(31-22(27)24-13)10-14-11-23-26(4)12-14/h6-12,19H,1-5H3/b17-10+. The summed E-state index contributed by atoms with van der Waals surface area (Å²) in [6.45, 7) is 1.77. The number of allylic oxidation sites excluding steroid dienone is 1. The molecule has 9 heteroatoms. The highest BCUT2D eigenvalue weighted by atomic mass is 32.1. The van der Waals surface area contributed by atoms with E-state index in [1.807, 2.05) is 56.5 Å². The lowest BCUT2D eigenvalue weighted by Gasteiger charge is -2.25. The Bertz CT molecular complexity index is 1360. The fourth-order valence-corrected chi connectivity index (χ4v) is 4.68. The number of nitrogens with zero attached hydrogens (tertiary/aromatic N) is 5. The number of benzene rings is 1. The number of anilines is 1. The van der Waals surface area contributed by atoms with E-state index in [-0.39, 0.29) is 5.56 Å². The molecular formula is C22H23N5O3S. The maximum absolute atomic E-state index is 13.4. The van der Waals surface area contributed by atoms with Crippen molar-refractivity contribution in [1.82, 2.24) is 14.3 Å². The summed E-state index contributed by atoms with van der Waals surface area (Å²) in [7, 11) is 7.07. The van der Waals surface area contributed by atoms with Gasteiger partial charge in [-0.3, -0.25) is 14.0 Å². The van der Waals surface area contributed by atoms with Gasteiger partial charge >= 0.3 is 5.97 Å². The molecule has 0 saturated carbocycles. The van der Waals surface area contributed by atoms with Crippen LogP contribution >= 0.6 is 11.3 Å². The Morgan fingerprint density at radius 3 is 2.55 bits per heavy atom. The zero-order valence-electron chi connectivity index (χ0n) is 18.0. The number of hydrogen-bond acceptors (Lipinski definition) is 7. The minimum Gasteiger partial charge on any atom is -0.466 e. The van der Waals surface area contributed by atoms with Crippen molar-refractivity contribution >= 4 is 29.1 Å². The highest BCUT2D eigenvalue weighted by molar-refractivity contribution is 7.07. The van der Waals surface area contributed by atoms with Crippen LogP contribution in [0.1, 0.15) is 24.1 Å². The second-order valence-electron chi connectivity index (χ2n) is 7.51. The number of aromatic nitrogens is 3. The summed E-state index contributed by atoms with van der Waals surface area (Å²) in [5.74, 6) is -0.496. The average molecular weight is 438 g/mol. The normalized spacial score (nSPS) is 16.2. The Balaban J connectivity index is 1.95. The topological polar surface area (TPSA) is 81.7 Å². The van der Waals surface area contributed by atoms with E-state index >= 15 is 0 Å². The van der Waals surface area contributed by atoms with Crippen molar-refractivity contribution < 1.29 is 9.53 Å². The number of hydrogen-bond donors (Lipinski definition) is 0. The third-order valence-corrected chi connectivity index (χ3v) is 6.16. The van der Waals surface area contributed by atoms with Gasteiger partial charge in [0.05, 0.1) is 35.2 Å². The molecule has 1 aliphatic heterocycles. The summed E-state index contributed by atoms with van der Waals surface area (Å²) in [5.41, 5.74) is 3.36. The molecule has 1 aromatic carbocycles. The second-order valence-corrected chi connectivity index (χ2v) is 8.52. The summed E-state index contributed by atoms with van der Waals surface area (Å²) in [4.78, 5) is 33.2. The van der Waals surface area contributed by atoms with E-state index in [2.05, 4.69) is 10.1 Å². The van der Waals surface area contributed by atoms with Gasteiger partial charge in [-0.1, -0.05) is 23.5 Å². The Kier molecular flexibility index (Phi) is 5.36. The molecule has 31 heavy (non-hydrogen) atoms. The maximum atomic E-state index is 13.4. The molecule has 0 saturated heterocycles. The van der Waals surface area contributed by atoms with Gasteiger partial charge in [-0.15, -0.1) is 0 Å². The minimum absolute atomic E-state index is 0.205. The molecule has 0 radical (unpaired) electrons. The molecule has 4 rings (SSSR count). The zero-order valence-corrected chi connectivity index (χ0v) is 18.8. The molecule has 3 aromatic rings. The van der Waals surface area contributed by atoms with Crippen molar-refractivity contribution in [2.45, 2.75) is 13.0 Å². The Morgan fingerprint density at radius 1 is 1.26 bits per heavy atom. The molecule has 1 atom stereocenters. The lowest BCUT2D eigenvalue weighted by molar-refractivity contribution is -0.136. The van der Waals surface area contributed by atoms with Gasteiger partial charge in [-0.25, -0.2) is 9.79 Å². The van der Waals surface area contributed by atoms with Crippen LogP contribution in [0.4, 0.5) is 5.69 Å². The van der Waals surface area contributed by atoms with E-state index < -0.39 is 12.0 Å². The van der Waals surface area contributed by atoms with E-state index in [4.69, 9.17) is 4.74 Å². The van der Waals surface area contributed by atoms with Crippen LogP contribution in [0, 0.1) is 0 Å². The third-order valence-electron chi connectivity index (χ3n) is 5.17. The molecular weight excluding hydrogens is 414 g/mol. The smallest absolute Gasteiger partial charge is 0.338 e. The lowest BCUT2D eigenvalue weighted by Crippen LogP contribution is -2.39. The van der Waals surface area contributed by atoms with Crippen LogP contribution in [-0.2, 0) is 16.6 Å². The number of methoxy groups -OCH3 is 1. The van der Waals surface area contributed by atoms with E-state index in [9.17, 15) is 9.59 Å². The van der Waals surface area contributed by atoms with Gasteiger partial charge in [0.15, 0.2) is 4.80 Å². The Labute approximate surface area is 183 Å². The van der Waals surface area contributed by atoms with Crippen molar-refractivity contribution in [3.05, 3.63) is 78.7 Å². The van der Waals surface area contributed by atoms with Gasteiger partial charge in [0.25, 0.3) is 5.56 Å². The summed E-state index contributed by atoms with van der Waals surface area (Å²) < 4.78 is 8.82. The summed E-state index contributed by atoms with van der Waals surface area (Å²) in [6.07, 6.45) is 5.32. The quantitative estimate of drug-likeness (QED) is 0.573. The number of ether oxygens (including phenoxy) is 1. The highest BCUT2D eigenvalue weighted by Crippen LogP contribution is 2.31. The number of carbonyl (C=O) groups is 1.